The second kappa shape index (κ2) is 7.77. The molecule has 1 fully saturated rings. The van der Waals surface area contributed by atoms with Gasteiger partial charge in [0.05, 0.1) is 0 Å². The minimum atomic E-state index is -0.444. The van der Waals surface area contributed by atoms with E-state index in [9.17, 15) is 4.79 Å². The highest BCUT2D eigenvalue weighted by atomic mass is 16.6. The number of aryl methyl sites for hydroxylation is 3. The van der Waals surface area contributed by atoms with Crippen molar-refractivity contribution in [2.24, 2.45) is 5.92 Å². The van der Waals surface area contributed by atoms with Crippen LogP contribution in [0.15, 0.2) is 12.1 Å². The second-order valence-corrected chi connectivity index (χ2v) is 8.30. The Hall–Kier alpha value is -1.55. The molecule has 1 amide bonds. The number of rotatable bonds is 4. The first-order valence-corrected chi connectivity index (χ1v) is 9.41. The average Bonchev–Trinajstić information content (AvgIpc) is 2.97. The molecule has 0 bridgehead atoms. The Morgan fingerprint density at radius 1 is 1.24 bits per heavy atom. The zero-order chi connectivity index (χ0) is 18.8. The van der Waals surface area contributed by atoms with Gasteiger partial charge in [0.2, 0.25) is 0 Å². The Labute approximate surface area is 152 Å². The number of carbonyl (C=O) groups excluding carboxylic acids is 1. The number of ether oxygens (including phenoxy) is 1. The molecule has 0 saturated carbocycles. The van der Waals surface area contributed by atoms with Crippen molar-refractivity contribution < 1.29 is 9.53 Å². The molecule has 4 nitrogen and oxygen atoms in total. The lowest BCUT2D eigenvalue weighted by Gasteiger charge is -2.28. The normalized spacial score (nSPS) is 19.2. The molecule has 1 N–H and O–H groups in total. The van der Waals surface area contributed by atoms with Gasteiger partial charge in [0.1, 0.15) is 5.60 Å². The number of carbonyl (C=O) groups is 1. The van der Waals surface area contributed by atoms with Gasteiger partial charge in [-0.3, -0.25) is 0 Å². The first-order chi connectivity index (χ1) is 11.6. The van der Waals surface area contributed by atoms with Gasteiger partial charge in [-0.05, 0) is 82.7 Å². The van der Waals surface area contributed by atoms with Crippen LogP contribution in [0.25, 0.3) is 0 Å². The lowest BCUT2D eigenvalue weighted by Crippen LogP contribution is -2.37. The molecule has 1 aromatic rings. The van der Waals surface area contributed by atoms with Crippen molar-refractivity contribution in [3.63, 3.8) is 0 Å². The monoisotopic (exact) mass is 346 g/mol. The average molecular weight is 347 g/mol. The molecule has 140 valence electrons. The fourth-order valence-corrected chi connectivity index (χ4v) is 3.62. The minimum Gasteiger partial charge on any atom is -0.444 e. The lowest BCUT2D eigenvalue weighted by atomic mass is 9.87. The van der Waals surface area contributed by atoms with E-state index in [1.807, 2.05) is 25.7 Å². The van der Waals surface area contributed by atoms with Gasteiger partial charge in [0.25, 0.3) is 0 Å². The molecule has 0 aliphatic carbocycles. The van der Waals surface area contributed by atoms with Gasteiger partial charge in [0, 0.05) is 19.1 Å². The predicted octanol–water partition coefficient (Wildman–Crippen LogP) is 4.52. The number of hydrogen-bond acceptors (Lipinski definition) is 3. The molecule has 2 atom stereocenters. The maximum absolute atomic E-state index is 12.4. The lowest BCUT2D eigenvalue weighted by molar-refractivity contribution is 0.0285. The standard InChI is InChI=1S/C21H34N2O2/c1-8-22-19(18-12-15(3)14(2)11-16(18)4)17-9-10-23(13-17)20(24)25-21(5,6)7/h11-12,17,19,22H,8-10,13H2,1-7H3. The van der Waals surface area contributed by atoms with Crippen LogP contribution in [-0.2, 0) is 4.74 Å². The number of benzene rings is 1. The van der Waals surface area contributed by atoms with Crippen molar-refractivity contribution in [3.8, 4) is 0 Å². The summed E-state index contributed by atoms with van der Waals surface area (Å²) in [7, 11) is 0. The molecule has 1 aliphatic rings. The Kier molecular flexibility index (Phi) is 6.15. The Morgan fingerprint density at radius 3 is 2.48 bits per heavy atom. The summed E-state index contributed by atoms with van der Waals surface area (Å²) in [5.74, 6) is 0.410. The summed E-state index contributed by atoms with van der Waals surface area (Å²) in [6.45, 7) is 16.8. The zero-order valence-corrected chi connectivity index (χ0v) is 16.9. The highest BCUT2D eigenvalue weighted by molar-refractivity contribution is 5.68. The van der Waals surface area contributed by atoms with E-state index in [-0.39, 0.29) is 12.1 Å². The van der Waals surface area contributed by atoms with E-state index >= 15 is 0 Å². The van der Waals surface area contributed by atoms with Crippen molar-refractivity contribution in [1.82, 2.24) is 10.2 Å². The summed E-state index contributed by atoms with van der Waals surface area (Å²) in [6, 6.07) is 4.86. The summed E-state index contributed by atoms with van der Waals surface area (Å²) < 4.78 is 5.54. The summed E-state index contributed by atoms with van der Waals surface area (Å²) >= 11 is 0. The molecule has 2 unspecified atom stereocenters. The van der Waals surface area contributed by atoms with Crippen molar-refractivity contribution in [3.05, 3.63) is 34.4 Å². The predicted molar refractivity (Wildman–Crippen MR) is 103 cm³/mol. The topological polar surface area (TPSA) is 41.6 Å². The first kappa shape index (κ1) is 19.8. The molecular formula is C21H34N2O2. The van der Waals surface area contributed by atoms with Crippen LogP contribution in [0.5, 0.6) is 0 Å². The summed E-state index contributed by atoms with van der Waals surface area (Å²) in [5.41, 5.74) is 4.90. The SMILES string of the molecule is CCNC(c1cc(C)c(C)cc1C)C1CCN(C(=O)OC(C)(C)C)C1. The molecule has 2 rings (SSSR count). The van der Waals surface area contributed by atoms with Crippen molar-refractivity contribution in [2.45, 2.75) is 66.5 Å². The quantitative estimate of drug-likeness (QED) is 0.871. The molecule has 1 saturated heterocycles. The molecular weight excluding hydrogens is 312 g/mol. The highest BCUT2D eigenvalue weighted by Crippen LogP contribution is 2.33. The Balaban J connectivity index is 2.17. The number of nitrogens with zero attached hydrogens (tertiary/aromatic N) is 1. The van der Waals surface area contributed by atoms with Gasteiger partial charge in [-0.15, -0.1) is 0 Å². The van der Waals surface area contributed by atoms with Crippen LogP contribution >= 0.6 is 0 Å². The number of amides is 1. The largest absolute Gasteiger partial charge is 0.444 e. The van der Waals surface area contributed by atoms with Crippen molar-refractivity contribution >= 4 is 6.09 Å². The van der Waals surface area contributed by atoms with Crippen molar-refractivity contribution in [1.29, 1.82) is 0 Å². The first-order valence-electron chi connectivity index (χ1n) is 9.41. The van der Waals surface area contributed by atoms with E-state index in [4.69, 9.17) is 4.74 Å². The van der Waals surface area contributed by atoms with Crippen molar-refractivity contribution in [2.75, 3.05) is 19.6 Å². The van der Waals surface area contributed by atoms with Crippen LogP contribution in [0.2, 0.25) is 0 Å². The summed E-state index contributed by atoms with van der Waals surface area (Å²) in [6.07, 6.45) is 0.811. The molecule has 25 heavy (non-hydrogen) atoms. The molecule has 0 aromatic heterocycles. The van der Waals surface area contributed by atoms with Gasteiger partial charge >= 0.3 is 6.09 Å². The molecule has 0 spiro atoms. The fraction of sp³-hybridized carbons (Fsp3) is 0.667. The van der Waals surface area contributed by atoms with Gasteiger partial charge in [-0.2, -0.15) is 0 Å². The molecule has 1 aliphatic heterocycles. The molecule has 1 aromatic carbocycles. The third kappa shape index (κ3) is 4.97. The number of nitrogens with one attached hydrogen (secondary N) is 1. The summed E-state index contributed by atoms with van der Waals surface area (Å²) in [5, 5.41) is 3.66. The van der Waals surface area contributed by atoms with Crippen LogP contribution in [0.4, 0.5) is 4.79 Å². The van der Waals surface area contributed by atoms with Gasteiger partial charge < -0.3 is 15.0 Å². The Bertz CT molecular complexity index is 619. The van der Waals surface area contributed by atoms with E-state index in [2.05, 4.69) is 45.1 Å². The maximum Gasteiger partial charge on any atom is 0.410 e. The van der Waals surface area contributed by atoms with Crippen LogP contribution in [-0.4, -0.2) is 36.2 Å². The van der Waals surface area contributed by atoms with E-state index < -0.39 is 5.60 Å². The number of likely N-dealkylation sites (tertiary alicyclic amines) is 1. The van der Waals surface area contributed by atoms with Crippen LogP contribution in [0.1, 0.15) is 62.4 Å². The zero-order valence-electron chi connectivity index (χ0n) is 16.9. The third-order valence-corrected chi connectivity index (χ3v) is 4.99. The van der Waals surface area contributed by atoms with Crippen LogP contribution in [0.3, 0.4) is 0 Å². The minimum absolute atomic E-state index is 0.193. The van der Waals surface area contributed by atoms with Gasteiger partial charge in [-0.1, -0.05) is 19.1 Å². The van der Waals surface area contributed by atoms with Crippen LogP contribution in [0, 0.1) is 26.7 Å². The highest BCUT2D eigenvalue weighted by Gasteiger charge is 2.34. The van der Waals surface area contributed by atoms with E-state index in [0.717, 1.165) is 26.1 Å². The van der Waals surface area contributed by atoms with E-state index in [1.54, 1.807) is 0 Å². The molecule has 0 radical (unpaired) electrons. The van der Waals surface area contributed by atoms with Gasteiger partial charge in [-0.25, -0.2) is 4.79 Å². The Morgan fingerprint density at radius 2 is 1.88 bits per heavy atom. The van der Waals surface area contributed by atoms with Crippen LogP contribution < -0.4 is 5.32 Å². The maximum atomic E-state index is 12.4. The van der Waals surface area contributed by atoms with E-state index in [1.165, 1.54) is 22.3 Å². The molecule has 4 heteroatoms. The van der Waals surface area contributed by atoms with E-state index in [0.29, 0.717) is 5.92 Å². The smallest absolute Gasteiger partial charge is 0.410 e. The number of hydrogen-bond donors (Lipinski definition) is 1. The van der Waals surface area contributed by atoms with Gasteiger partial charge in [0.15, 0.2) is 0 Å². The fourth-order valence-electron chi connectivity index (χ4n) is 3.62. The summed E-state index contributed by atoms with van der Waals surface area (Å²) in [4.78, 5) is 14.2. The molecule has 1 heterocycles. The second-order valence-electron chi connectivity index (χ2n) is 8.30. The third-order valence-electron chi connectivity index (χ3n) is 4.99.